The fraction of sp³-hybridized carbons (Fsp3) is 0.261. The van der Waals surface area contributed by atoms with E-state index < -0.39 is 0 Å². The van der Waals surface area contributed by atoms with Crippen molar-refractivity contribution in [1.82, 2.24) is 0 Å². The number of ketones is 1. The molecule has 0 aliphatic heterocycles. The molecule has 0 spiro atoms. The third-order valence-electron chi connectivity index (χ3n) is 4.25. The topological polar surface area (TPSA) is 38.3 Å². The summed E-state index contributed by atoms with van der Waals surface area (Å²) in [4.78, 5) is 12.3. The third kappa shape index (κ3) is 5.35. The molecule has 0 aliphatic carbocycles. The first-order valence-corrected chi connectivity index (χ1v) is 8.97. The molecule has 1 N–H and O–H groups in total. The van der Waals surface area contributed by atoms with Crippen molar-refractivity contribution in [1.29, 1.82) is 0 Å². The predicted molar refractivity (Wildman–Crippen MR) is 109 cm³/mol. The van der Waals surface area contributed by atoms with Crippen molar-refractivity contribution in [2.24, 2.45) is 0 Å². The molecule has 136 valence electrons. The average molecular weight is 349 g/mol. The second-order valence-electron chi connectivity index (χ2n) is 6.07. The molecule has 0 bridgehead atoms. The van der Waals surface area contributed by atoms with Gasteiger partial charge < -0.3 is 10.1 Å². The number of aryl methyl sites for hydroxylation is 2. The number of anilines is 1. The Labute approximate surface area is 156 Å². The minimum atomic E-state index is 0.0944. The van der Waals surface area contributed by atoms with E-state index in [4.69, 9.17) is 4.74 Å². The molecule has 0 atom stereocenters. The lowest BCUT2D eigenvalue weighted by Gasteiger charge is -2.12. The molecule has 3 nitrogen and oxygen atoms in total. The predicted octanol–water partition coefficient (Wildman–Crippen LogP) is 5.04. The van der Waals surface area contributed by atoms with Gasteiger partial charge in [0.2, 0.25) is 0 Å². The Hall–Kier alpha value is -2.81. The van der Waals surface area contributed by atoms with E-state index in [0.29, 0.717) is 12.0 Å². The minimum Gasteiger partial charge on any atom is -0.504 e. The number of nitrogens with one attached hydrogen (secondary N) is 1. The summed E-state index contributed by atoms with van der Waals surface area (Å²) in [5.74, 6) is 0.0944. The average Bonchev–Trinajstić information content (AvgIpc) is 2.69. The summed E-state index contributed by atoms with van der Waals surface area (Å²) in [6.45, 7) is 6.34. The lowest BCUT2D eigenvalue weighted by atomic mass is 9.93. The maximum Gasteiger partial charge on any atom is 0.166 e. The van der Waals surface area contributed by atoms with Crippen LogP contribution in [0.2, 0.25) is 0 Å². The molecule has 26 heavy (non-hydrogen) atoms. The summed E-state index contributed by atoms with van der Waals surface area (Å²) in [6.07, 6.45) is 5.65. The number of benzene rings is 2. The van der Waals surface area contributed by atoms with Crippen LogP contribution in [0.15, 0.2) is 67.4 Å². The van der Waals surface area contributed by atoms with E-state index >= 15 is 0 Å². The van der Waals surface area contributed by atoms with Crippen molar-refractivity contribution >= 4 is 17.0 Å². The monoisotopic (exact) mass is 349 g/mol. The van der Waals surface area contributed by atoms with E-state index in [1.54, 1.807) is 13.4 Å². The quantitative estimate of drug-likeness (QED) is 0.371. The van der Waals surface area contributed by atoms with Crippen molar-refractivity contribution in [3.8, 4) is 0 Å². The first-order chi connectivity index (χ1) is 12.7. The van der Waals surface area contributed by atoms with Crippen LogP contribution in [0.4, 0.5) is 5.69 Å². The van der Waals surface area contributed by atoms with Crippen LogP contribution in [-0.4, -0.2) is 19.4 Å². The highest BCUT2D eigenvalue weighted by molar-refractivity contribution is 6.20. The van der Waals surface area contributed by atoms with E-state index in [1.807, 2.05) is 31.2 Å². The van der Waals surface area contributed by atoms with Crippen molar-refractivity contribution in [3.05, 3.63) is 84.1 Å². The van der Waals surface area contributed by atoms with Gasteiger partial charge in [0.15, 0.2) is 5.78 Å². The molecule has 0 saturated carbocycles. The fourth-order valence-corrected chi connectivity index (χ4v) is 2.85. The Bertz CT molecular complexity index is 760. The van der Waals surface area contributed by atoms with Crippen LogP contribution in [0.3, 0.4) is 0 Å². The number of allylic oxidation sites excluding steroid dienone is 1. The molecule has 0 saturated heterocycles. The van der Waals surface area contributed by atoms with Crippen LogP contribution in [0.1, 0.15) is 30.0 Å². The van der Waals surface area contributed by atoms with Gasteiger partial charge in [-0.2, -0.15) is 0 Å². The van der Waals surface area contributed by atoms with E-state index in [2.05, 4.69) is 42.2 Å². The summed E-state index contributed by atoms with van der Waals surface area (Å²) in [6, 6.07) is 16.5. The number of Topliss-reactive ketones (excluding diaryl/α,β-unsaturated/α-hetero) is 1. The molecular weight excluding hydrogens is 322 g/mol. The summed E-state index contributed by atoms with van der Waals surface area (Å²) in [5.41, 5.74) is 5.13. The van der Waals surface area contributed by atoms with Gasteiger partial charge in [0.25, 0.3) is 0 Å². The molecule has 2 aromatic carbocycles. The molecule has 2 aromatic rings. The number of hydrogen-bond acceptors (Lipinski definition) is 3. The second-order valence-corrected chi connectivity index (χ2v) is 6.07. The Morgan fingerprint density at radius 3 is 2.50 bits per heavy atom. The van der Waals surface area contributed by atoms with Gasteiger partial charge in [-0.15, -0.1) is 6.58 Å². The first-order valence-electron chi connectivity index (χ1n) is 8.97. The van der Waals surface area contributed by atoms with Gasteiger partial charge in [-0.05, 0) is 41.7 Å². The molecule has 2 rings (SSSR count). The molecule has 0 aromatic heterocycles. The zero-order valence-electron chi connectivity index (χ0n) is 15.6. The summed E-state index contributed by atoms with van der Waals surface area (Å²) in [7, 11) is 1.58. The number of ether oxygens (including phenoxy) is 1. The highest BCUT2D eigenvalue weighted by Crippen LogP contribution is 2.23. The SMILES string of the molecule is C=CCNc1ccc(CCc2ccccc2/C(=C\OC)C(=O)CC)cc1. The highest BCUT2D eigenvalue weighted by Gasteiger charge is 2.14. The molecule has 0 radical (unpaired) electrons. The first kappa shape index (κ1) is 19.5. The largest absolute Gasteiger partial charge is 0.504 e. The van der Waals surface area contributed by atoms with Crippen LogP contribution in [0, 0.1) is 0 Å². The van der Waals surface area contributed by atoms with Gasteiger partial charge in [0.05, 0.1) is 18.9 Å². The maximum atomic E-state index is 12.3. The molecule has 0 heterocycles. The van der Waals surface area contributed by atoms with Crippen molar-refractivity contribution in [3.63, 3.8) is 0 Å². The van der Waals surface area contributed by atoms with Crippen LogP contribution in [0.25, 0.3) is 5.57 Å². The zero-order valence-corrected chi connectivity index (χ0v) is 15.6. The summed E-state index contributed by atoms with van der Waals surface area (Å²) < 4.78 is 5.15. The smallest absolute Gasteiger partial charge is 0.166 e. The van der Waals surface area contributed by atoms with E-state index in [1.165, 1.54) is 5.56 Å². The van der Waals surface area contributed by atoms with Crippen LogP contribution >= 0.6 is 0 Å². The third-order valence-corrected chi connectivity index (χ3v) is 4.25. The highest BCUT2D eigenvalue weighted by atomic mass is 16.5. The van der Waals surface area contributed by atoms with Gasteiger partial charge in [0.1, 0.15) is 0 Å². The fourth-order valence-electron chi connectivity index (χ4n) is 2.85. The number of carbonyl (C=O) groups is 1. The summed E-state index contributed by atoms with van der Waals surface area (Å²) in [5, 5.41) is 3.28. The van der Waals surface area contributed by atoms with Gasteiger partial charge in [0, 0.05) is 18.7 Å². The van der Waals surface area contributed by atoms with E-state index in [-0.39, 0.29) is 5.78 Å². The summed E-state index contributed by atoms with van der Waals surface area (Å²) >= 11 is 0. The Balaban J connectivity index is 2.14. The molecule has 0 unspecified atom stereocenters. The lowest BCUT2D eigenvalue weighted by Crippen LogP contribution is -2.05. The number of carbonyl (C=O) groups excluding carboxylic acids is 1. The van der Waals surface area contributed by atoms with Crippen molar-refractivity contribution in [2.75, 3.05) is 19.0 Å². The Morgan fingerprint density at radius 2 is 1.85 bits per heavy atom. The molecule has 0 amide bonds. The van der Waals surface area contributed by atoms with Crippen molar-refractivity contribution in [2.45, 2.75) is 26.2 Å². The Kier molecular flexibility index (Phi) is 7.69. The molecule has 3 heteroatoms. The maximum absolute atomic E-state index is 12.3. The van der Waals surface area contributed by atoms with Gasteiger partial charge in [-0.1, -0.05) is 49.4 Å². The van der Waals surface area contributed by atoms with Crippen LogP contribution in [-0.2, 0) is 22.4 Å². The zero-order chi connectivity index (χ0) is 18.8. The lowest BCUT2D eigenvalue weighted by molar-refractivity contribution is -0.113. The standard InChI is InChI=1S/C23H27NO2/c1-4-16-24-20-14-11-18(12-15-20)10-13-19-8-6-7-9-21(19)22(17-26-3)23(25)5-2/h4,6-9,11-12,14-15,17,24H,1,5,10,13,16H2,2-3H3/b22-17+. The number of hydrogen-bond donors (Lipinski definition) is 1. The number of methoxy groups -OCH3 is 1. The van der Waals surface area contributed by atoms with Crippen molar-refractivity contribution < 1.29 is 9.53 Å². The second kappa shape index (κ2) is 10.2. The molecule has 0 aliphatic rings. The van der Waals surface area contributed by atoms with Gasteiger partial charge >= 0.3 is 0 Å². The van der Waals surface area contributed by atoms with Crippen LogP contribution < -0.4 is 5.32 Å². The molecule has 0 fully saturated rings. The van der Waals surface area contributed by atoms with Crippen LogP contribution in [0.5, 0.6) is 0 Å². The van der Waals surface area contributed by atoms with E-state index in [9.17, 15) is 4.79 Å². The Morgan fingerprint density at radius 1 is 1.12 bits per heavy atom. The van der Waals surface area contributed by atoms with E-state index in [0.717, 1.165) is 36.2 Å². The van der Waals surface area contributed by atoms with Gasteiger partial charge in [-0.3, -0.25) is 4.79 Å². The minimum absolute atomic E-state index is 0.0944. The van der Waals surface area contributed by atoms with Gasteiger partial charge in [-0.25, -0.2) is 0 Å². The number of rotatable bonds is 10. The molecular formula is C23H27NO2. The normalized spacial score (nSPS) is 11.1.